The summed E-state index contributed by atoms with van der Waals surface area (Å²) in [6.45, 7) is 4.51. The minimum Gasteiger partial charge on any atom is -0.481 e. The maximum Gasteiger partial charge on any atom is 0.212 e. The third kappa shape index (κ3) is 2.29. The molecule has 3 nitrogen and oxygen atoms in total. The van der Waals surface area contributed by atoms with Gasteiger partial charge in [0, 0.05) is 12.3 Å². The van der Waals surface area contributed by atoms with Gasteiger partial charge in [0.2, 0.25) is 5.88 Å². The molecule has 0 saturated carbocycles. The highest BCUT2D eigenvalue weighted by Gasteiger charge is 2.22. The van der Waals surface area contributed by atoms with E-state index in [1.807, 2.05) is 12.3 Å². The van der Waals surface area contributed by atoms with Crippen LogP contribution in [0.1, 0.15) is 24.8 Å². The summed E-state index contributed by atoms with van der Waals surface area (Å²) in [5.41, 5.74) is 1.34. The van der Waals surface area contributed by atoms with E-state index >= 15 is 0 Å². The maximum absolute atomic E-state index is 5.06. The first kappa shape index (κ1) is 10.4. The molecule has 82 valence electrons. The zero-order chi connectivity index (χ0) is 10.7. The minimum atomic E-state index is 0.643. The molecular formula is C12H18N2O. The van der Waals surface area contributed by atoms with Crippen LogP contribution in [-0.4, -0.2) is 25.2 Å². The summed E-state index contributed by atoms with van der Waals surface area (Å²) in [6.07, 6.45) is 3.15. The largest absolute Gasteiger partial charge is 0.481 e. The Hall–Kier alpha value is -1.09. The lowest BCUT2D eigenvalue weighted by atomic mass is 9.83. The Morgan fingerprint density at radius 3 is 2.93 bits per heavy atom. The van der Waals surface area contributed by atoms with Gasteiger partial charge in [-0.25, -0.2) is 4.98 Å². The Morgan fingerprint density at radius 1 is 1.47 bits per heavy atom. The van der Waals surface area contributed by atoms with Crippen molar-refractivity contribution in [1.82, 2.24) is 10.3 Å². The molecule has 2 unspecified atom stereocenters. The van der Waals surface area contributed by atoms with Gasteiger partial charge in [0.25, 0.3) is 0 Å². The second-order valence-electron chi connectivity index (χ2n) is 4.21. The highest BCUT2D eigenvalue weighted by Crippen LogP contribution is 2.29. The number of nitrogens with zero attached hydrogens (tertiary/aromatic N) is 1. The molecule has 1 aliphatic heterocycles. The molecule has 0 amide bonds. The van der Waals surface area contributed by atoms with Gasteiger partial charge in [-0.3, -0.25) is 0 Å². The van der Waals surface area contributed by atoms with Crippen molar-refractivity contribution in [3.05, 3.63) is 23.9 Å². The summed E-state index contributed by atoms with van der Waals surface area (Å²) in [6, 6.07) is 4.09. The molecule has 2 heterocycles. The number of hydrogen-bond acceptors (Lipinski definition) is 3. The predicted molar refractivity (Wildman–Crippen MR) is 60.2 cm³/mol. The van der Waals surface area contributed by atoms with Gasteiger partial charge in [0.05, 0.1) is 7.11 Å². The molecule has 1 fully saturated rings. The van der Waals surface area contributed by atoms with E-state index in [0.717, 1.165) is 13.1 Å². The number of ether oxygens (including phenoxy) is 1. The topological polar surface area (TPSA) is 34.1 Å². The third-order valence-electron chi connectivity index (χ3n) is 3.18. The summed E-state index contributed by atoms with van der Waals surface area (Å²) in [5, 5.41) is 3.41. The van der Waals surface area contributed by atoms with Crippen molar-refractivity contribution in [3.8, 4) is 5.88 Å². The van der Waals surface area contributed by atoms with Crippen molar-refractivity contribution >= 4 is 0 Å². The van der Waals surface area contributed by atoms with Gasteiger partial charge in [-0.05, 0) is 36.9 Å². The van der Waals surface area contributed by atoms with E-state index in [2.05, 4.69) is 23.3 Å². The van der Waals surface area contributed by atoms with Crippen LogP contribution < -0.4 is 10.1 Å². The molecule has 1 aliphatic rings. The first-order valence-corrected chi connectivity index (χ1v) is 5.52. The van der Waals surface area contributed by atoms with Gasteiger partial charge in [-0.1, -0.05) is 13.0 Å². The van der Waals surface area contributed by atoms with Crippen molar-refractivity contribution in [2.75, 3.05) is 20.2 Å². The molecule has 0 aliphatic carbocycles. The number of rotatable bonds is 2. The predicted octanol–water partition coefficient (Wildman–Crippen LogP) is 1.80. The first-order chi connectivity index (χ1) is 7.31. The zero-order valence-electron chi connectivity index (χ0n) is 9.36. The maximum atomic E-state index is 5.06. The summed E-state index contributed by atoms with van der Waals surface area (Å²) in [7, 11) is 1.65. The van der Waals surface area contributed by atoms with Crippen LogP contribution in [0, 0.1) is 5.92 Å². The summed E-state index contributed by atoms with van der Waals surface area (Å²) in [4.78, 5) is 4.26. The highest BCUT2D eigenvalue weighted by atomic mass is 16.5. The number of aromatic nitrogens is 1. The first-order valence-electron chi connectivity index (χ1n) is 5.52. The molecule has 1 aromatic heterocycles. The van der Waals surface area contributed by atoms with Gasteiger partial charge in [-0.2, -0.15) is 0 Å². The van der Waals surface area contributed by atoms with E-state index in [0.29, 0.717) is 17.7 Å². The molecule has 1 aromatic rings. The fourth-order valence-corrected chi connectivity index (χ4v) is 2.24. The van der Waals surface area contributed by atoms with E-state index in [4.69, 9.17) is 4.74 Å². The Labute approximate surface area is 90.9 Å². The van der Waals surface area contributed by atoms with Gasteiger partial charge in [-0.15, -0.1) is 0 Å². The van der Waals surface area contributed by atoms with Crippen LogP contribution >= 0.6 is 0 Å². The van der Waals surface area contributed by atoms with Crippen molar-refractivity contribution < 1.29 is 4.74 Å². The molecule has 2 rings (SSSR count). The molecule has 0 spiro atoms. The third-order valence-corrected chi connectivity index (χ3v) is 3.18. The molecule has 0 radical (unpaired) electrons. The van der Waals surface area contributed by atoms with E-state index in [1.165, 1.54) is 12.0 Å². The second-order valence-corrected chi connectivity index (χ2v) is 4.21. The SMILES string of the molecule is COc1ccc(C2CCNCC2C)cn1. The smallest absolute Gasteiger partial charge is 0.212 e. The molecular weight excluding hydrogens is 188 g/mol. The Morgan fingerprint density at radius 2 is 2.33 bits per heavy atom. The Balaban J connectivity index is 2.13. The number of methoxy groups -OCH3 is 1. The highest BCUT2D eigenvalue weighted by molar-refractivity contribution is 5.22. The van der Waals surface area contributed by atoms with Crippen molar-refractivity contribution in [1.29, 1.82) is 0 Å². The second kappa shape index (κ2) is 4.62. The quantitative estimate of drug-likeness (QED) is 0.801. The number of pyridine rings is 1. The Bertz CT molecular complexity index is 310. The molecule has 0 bridgehead atoms. The monoisotopic (exact) mass is 206 g/mol. The van der Waals surface area contributed by atoms with E-state index in [-0.39, 0.29) is 0 Å². The molecule has 3 heteroatoms. The average Bonchev–Trinajstić information content (AvgIpc) is 2.30. The van der Waals surface area contributed by atoms with Crippen LogP contribution in [-0.2, 0) is 0 Å². The Kier molecular flexibility index (Phi) is 3.21. The van der Waals surface area contributed by atoms with Crippen LogP contribution in [0.4, 0.5) is 0 Å². The number of hydrogen-bond donors (Lipinski definition) is 1. The summed E-state index contributed by atoms with van der Waals surface area (Å²) < 4.78 is 5.06. The van der Waals surface area contributed by atoms with E-state index in [1.54, 1.807) is 7.11 Å². The molecule has 15 heavy (non-hydrogen) atoms. The average molecular weight is 206 g/mol. The van der Waals surface area contributed by atoms with Crippen molar-refractivity contribution in [2.45, 2.75) is 19.3 Å². The van der Waals surface area contributed by atoms with Crippen LogP contribution in [0.5, 0.6) is 5.88 Å². The van der Waals surface area contributed by atoms with E-state index < -0.39 is 0 Å². The lowest BCUT2D eigenvalue weighted by molar-refractivity contribution is 0.347. The summed E-state index contributed by atoms with van der Waals surface area (Å²) >= 11 is 0. The molecule has 1 N–H and O–H groups in total. The van der Waals surface area contributed by atoms with Crippen LogP contribution in [0.15, 0.2) is 18.3 Å². The van der Waals surface area contributed by atoms with Gasteiger partial charge in [0.15, 0.2) is 0 Å². The van der Waals surface area contributed by atoms with Crippen LogP contribution in [0.25, 0.3) is 0 Å². The fraction of sp³-hybridized carbons (Fsp3) is 0.583. The molecule has 1 saturated heterocycles. The number of nitrogens with one attached hydrogen (secondary N) is 1. The van der Waals surface area contributed by atoms with Gasteiger partial charge in [0.1, 0.15) is 0 Å². The normalized spacial score (nSPS) is 26.3. The van der Waals surface area contributed by atoms with Crippen molar-refractivity contribution in [2.24, 2.45) is 5.92 Å². The fourth-order valence-electron chi connectivity index (χ4n) is 2.24. The lowest BCUT2D eigenvalue weighted by Gasteiger charge is -2.29. The van der Waals surface area contributed by atoms with Gasteiger partial charge >= 0.3 is 0 Å². The van der Waals surface area contributed by atoms with Gasteiger partial charge < -0.3 is 10.1 Å². The summed E-state index contributed by atoms with van der Waals surface area (Å²) in [5.74, 6) is 2.03. The van der Waals surface area contributed by atoms with Crippen LogP contribution in [0.2, 0.25) is 0 Å². The molecule has 0 aromatic carbocycles. The van der Waals surface area contributed by atoms with E-state index in [9.17, 15) is 0 Å². The minimum absolute atomic E-state index is 0.643. The number of piperidine rings is 1. The zero-order valence-corrected chi connectivity index (χ0v) is 9.36. The van der Waals surface area contributed by atoms with Crippen LogP contribution in [0.3, 0.4) is 0 Å². The lowest BCUT2D eigenvalue weighted by Crippen LogP contribution is -2.33. The van der Waals surface area contributed by atoms with Crippen molar-refractivity contribution in [3.63, 3.8) is 0 Å². The standard InChI is InChI=1S/C12H18N2O/c1-9-7-13-6-5-11(9)10-3-4-12(15-2)14-8-10/h3-4,8-9,11,13H,5-7H2,1-2H3. The molecule has 2 atom stereocenters.